The predicted octanol–water partition coefficient (Wildman–Crippen LogP) is 0.410. The largest absolute Gasteiger partial charge is 0.376 e. The first kappa shape index (κ1) is 11.9. The number of likely N-dealkylation sites (N-methyl/N-ethyl adjacent to an activating group) is 1. The maximum atomic E-state index is 12.0. The molecule has 2 aliphatic rings. The van der Waals surface area contributed by atoms with Crippen LogP contribution in [0, 0.1) is 0 Å². The summed E-state index contributed by atoms with van der Waals surface area (Å²) in [5.74, 6) is 0. The molecule has 5 nitrogen and oxygen atoms in total. The highest BCUT2D eigenvalue weighted by Crippen LogP contribution is 2.15. The van der Waals surface area contributed by atoms with Gasteiger partial charge in [-0.25, -0.2) is 4.68 Å². The van der Waals surface area contributed by atoms with Gasteiger partial charge in [-0.15, -0.1) is 0 Å². The SMILES string of the molecule is CN1CCc2nn(CC3CCCO3)c(=O)cc2C1. The number of ether oxygens (including phenoxy) is 1. The fraction of sp³-hybridized carbons (Fsp3) is 0.692. The van der Waals surface area contributed by atoms with Crippen LogP contribution >= 0.6 is 0 Å². The van der Waals surface area contributed by atoms with Crippen molar-refractivity contribution in [2.45, 2.75) is 38.5 Å². The van der Waals surface area contributed by atoms with Gasteiger partial charge >= 0.3 is 0 Å². The number of nitrogens with zero attached hydrogens (tertiary/aromatic N) is 3. The molecule has 0 aliphatic carbocycles. The zero-order valence-electron chi connectivity index (χ0n) is 10.8. The smallest absolute Gasteiger partial charge is 0.267 e. The summed E-state index contributed by atoms with van der Waals surface area (Å²) in [5, 5.41) is 4.51. The van der Waals surface area contributed by atoms with E-state index in [-0.39, 0.29) is 11.7 Å². The minimum atomic E-state index is -0.000417. The second kappa shape index (κ2) is 4.82. The third-order valence-corrected chi connectivity index (χ3v) is 3.74. The van der Waals surface area contributed by atoms with E-state index < -0.39 is 0 Å². The summed E-state index contributed by atoms with van der Waals surface area (Å²) in [4.78, 5) is 14.2. The molecular weight excluding hydrogens is 230 g/mol. The van der Waals surface area contributed by atoms with Crippen LogP contribution in [0.4, 0.5) is 0 Å². The van der Waals surface area contributed by atoms with E-state index in [9.17, 15) is 4.79 Å². The van der Waals surface area contributed by atoms with Crippen LogP contribution in [0.15, 0.2) is 10.9 Å². The maximum absolute atomic E-state index is 12.0. The van der Waals surface area contributed by atoms with Gasteiger partial charge in [-0.05, 0) is 25.5 Å². The Kier molecular flexibility index (Phi) is 3.18. The lowest BCUT2D eigenvalue weighted by atomic mass is 10.1. The Morgan fingerprint density at radius 3 is 3.22 bits per heavy atom. The molecule has 1 saturated heterocycles. The van der Waals surface area contributed by atoms with Gasteiger partial charge in [0.25, 0.3) is 5.56 Å². The summed E-state index contributed by atoms with van der Waals surface area (Å²) in [6.07, 6.45) is 3.22. The summed E-state index contributed by atoms with van der Waals surface area (Å²) < 4.78 is 7.15. The van der Waals surface area contributed by atoms with Crippen LogP contribution in [-0.4, -0.2) is 41.0 Å². The highest BCUT2D eigenvalue weighted by molar-refractivity contribution is 5.20. The molecule has 3 heterocycles. The molecule has 98 valence electrons. The van der Waals surface area contributed by atoms with Gasteiger partial charge in [0.1, 0.15) is 0 Å². The molecule has 0 radical (unpaired) electrons. The fourth-order valence-electron chi connectivity index (χ4n) is 2.69. The minimum absolute atomic E-state index is 0.000417. The Bertz CT molecular complexity index is 491. The van der Waals surface area contributed by atoms with Gasteiger partial charge in [-0.3, -0.25) is 4.79 Å². The van der Waals surface area contributed by atoms with Crippen molar-refractivity contribution in [3.8, 4) is 0 Å². The molecule has 0 aromatic carbocycles. The number of hydrogen-bond donors (Lipinski definition) is 0. The normalized spacial score (nSPS) is 24.2. The molecule has 0 amide bonds. The van der Waals surface area contributed by atoms with E-state index >= 15 is 0 Å². The number of rotatable bonds is 2. The summed E-state index contributed by atoms with van der Waals surface area (Å²) >= 11 is 0. The molecule has 1 unspecified atom stereocenters. The van der Waals surface area contributed by atoms with E-state index in [0.717, 1.165) is 50.2 Å². The van der Waals surface area contributed by atoms with Crippen LogP contribution < -0.4 is 5.56 Å². The van der Waals surface area contributed by atoms with Crippen molar-refractivity contribution in [2.24, 2.45) is 0 Å². The lowest BCUT2D eigenvalue weighted by Crippen LogP contribution is -2.34. The highest BCUT2D eigenvalue weighted by atomic mass is 16.5. The van der Waals surface area contributed by atoms with E-state index in [0.29, 0.717) is 6.54 Å². The van der Waals surface area contributed by atoms with Crippen molar-refractivity contribution in [1.29, 1.82) is 0 Å². The number of hydrogen-bond acceptors (Lipinski definition) is 4. The van der Waals surface area contributed by atoms with Crippen LogP contribution in [0.2, 0.25) is 0 Å². The number of aromatic nitrogens is 2. The summed E-state index contributed by atoms with van der Waals surface area (Å²) in [7, 11) is 2.07. The zero-order chi connectivity index (χ0) is 12.5. The van der Waals surface area contributed by atoms with E-state index in [1.165, 1.54) is 0 Å². The average molecular weight is 249 g/mol. The standard InChI is InChI=1S/C13H19N3O2/c1-15-5-4-12-10(8-15)7-13(17)16(14-12)9-11-3-2-6-18-11/h7,11H,2-6,8-9H2,1H3. The Labute approximate surface area is 106 Å². The van der Waals surface area contributed by atoms with Crippen LogP contribution in [-0.2, 0) is 24.2 Å². The molecule has 1 aromatic heterocycles. The van der Waals surface area contributed by atoms with E-state index in [4.69, 9.17) is 4.74 Å². The first-order chi connectivity index (χ1) is 8.72. The Balaban J connectivity index is 1.84. The third-order valence-electron chi connectivity index (χ3n) is 3.74. The van der Waals surface area contributed by atoms with E-state index in [1.54, 1.807) is 10.7 Å². The summed E-state index contributed by atoms with van der Waals surface area (Å²) in [6.45, 7) is 3.26. The topological polar surface area (TPSA) is 47.4 Å². The monoisotopic (exact) mass is 249 g/mol. The molecule has 5 heteroatoms. The van der Waals surface area contributed by atoms with Gasteiger partial charge in [0, 0.05) is 32.2 Å². The van der Waals surface area contributed by atoms with E-state index in [1.807, 2.05) is 0 Å². The molecule has 1 aromatic rings. The molecule has 3 rings (SSSR count). The molecule has 0 bridgehead atoms. The lowest BCUT2D eigenvalue weighted by Gasteiger charge is -2.24. The summed E-state index contributed by atoms with van der Waals surface area (Å²) in [6, 6.07) is 1.74. The van der Waals surface area contributed by atoms with Crippen LogP contribution in [0.25, 0.3) is 0 Å². The maximum Gasteiger partial charge on any atom is 0.267 e. The van der Waals surface area contributed by atoms with Gasteiger partial charge in [-0.2, -0.15) is 5.10 Å². The molecule has 0 saturated carbocycles. The fourth-order valence-corrected chi connectivity index (χ4v) is 2.69. The minimum Gasteiger partial charge on any atom is -0.376 e. The second-order valence-corrected chi connectivity index (χ2v) is 5.26. The Morgan fingerprint density at radius 1 is 1.56 bits per heavy atom. The predicted molar refractivity (Wildman–Crippen MR) is 67.5 cm³/mol. The van der Waals surface area contributed by atoms with Crippen LogP contribution in [0.5, 0.6) is 0 Å². The van der Waals surface area contributed by atoms with Gasteiger partial charge in [0.2, 0.25) is 0 Å². The highest BCUT2D eigenvalue weighted by Gasteiger charge is 2.20. The van der Waals surface area contributed by atoms with Crippen LogP contribution in [0.1, 0.15) is 24.1 Å². The second-order valence-electron chi connectivity index (χ2n) is 5.26. The third kappa shape index (κ3) is 2.33. The van der Waals surface area contributed by atoms with Crippen molar-refractivity contribution < 1.29 is 4.74 Å². The molecule has 18 heavy (non-hydrogen) atoms. The van der Waals surface area contributed by atoms with Crippen molar-refractivity contribution in [3.05, 3.63) is 27.7 Å². The van der Waals surface area contributed by atoms with Crippen molar-refractivity contribution in [1.82, 2.24) is 14.7 Å². The lowest BCUT2D eigenvalue weighted by molar-refractivity contribution is 0.0923. The van der Waals surface area contributed by atoms with Crippen molar-refractivity contribution in [2.75, 3.05) is 20.2 Å². The quantitative estimate of drug-likeness (QED) is 0.761. The molecule has 0 spiro atoms. The zero-order valence-corrected chi connectivity index (χ0v) is 10.8. The van der Waals surface area contributed by atoms with Gasteiger partial charge in [0.05, 0.1) is 18.3 Å². The molecular formula is C13H19N3O2. The Morgan fingerprint density at radius 2 is 2.44 bits per heavy atom. The first-order valence-corrected chi connectivity index (χ1v) is 6.62. The van der Waals surface area contributed by atoms with Gasteiger partial charge in [-0.1, -0.05) is 0 Å². The molecule has 1 fully saturated rings. The van der Waals surface area contributed by atoms with Crippen molar-refractivity contribution in [3.63, 3.8) is 0 Å². The molecule has 1 atom stereocenters. The van der Waals surface area contributed by atoms with Gasteiger partial charge in [0.15, 0.2) is 0 Å². The molecule has 2 aliphatic heterocycles. The number of fused-ring (bicyclic) bond motifs is 1. The van der Waals surface area contributed by atoms with E-state index in [2.05, 4.69) is 17.0 Å². The molecule has 0 N–H and O–H groups in total. The van der Waals surface area contributed by atoms with Crippen LogP contribution in [0.3, 0.4) is 0 Å². The Hall–Kier alpha value is -1.20. The summed E-state index contributed by atoms with van der Waals surface area (Å²) in [5.41, 5.74) is 2.16. The van der Waals surface area contributed by atoms with Crippen molar-refractivity contribution >= 4 is 0 Å². The first-order valence-electron chi connectivity index (χ1n) is 6.62. The average Bonchev–Trinajstić information content (AvgIpc) is 2.83. The van der Waals surface area contributed by atoms with Gasteiger partial charge < -0.3 is 9.64 Å².